The summed E-state index contributed by atoms with van der Waals surface area (Å²) in [7, 11) is 3.43. The van der Waals surface area contributed by atoms with E-state index in [0.717, 1.165) is 28.9 Å². The first-order valence-electron chi connectivity index (χ1n) is 8.36. The number of aryl methyl sites for hydroxylation is 2. The van der Waals surface area contributed by atoms with Crippen LogP contribution in [0.3, 0.4) is 0 Å². The molecule has 0 fully saturated rings. The Labute approximate surface area is 149 Å². The Kier molecular flexibility index (Phi) is 6.17. The lowest BCUT2D eigenvalue weighted by molar-refractivity contribution is -0.114. The first-order valence-corrected chi connectivity index (χ1v) is 8.36. The van der Waals surface area contributed by atoms with Crippen LogP contribution in [0.1, 0.15) is 28.4 Å². The summed E-state index contributed by atoms with van der Waals surface area (Å²) < 4.78 is 0. The van der Waals surface area contributed by atoms with Gasteiger partial charge in [0.1, 0.15) is 0 Å². The van der Waals surface area contributed by atoms with Crippen molar-refractivity contribution < 1.29 is 9.59 Å². The standard InChI is InChI=1S/C20H25N3O2/c1-5-15-8-6-7-9-17(15)22-19(24)13-21-18-12-16(11-10-14(18)2)20(25)23(3)4/h6-12,21H,5,13H2,1-4H3,(H,22,24). The summed E-state index contributed by atoms with van der Waals surface area (Å²) in [5, 5.41) is 6.05. The Morgan fingerprint density at radius 1 is 1.04 bits per heavy atom. The Bertz CT molecular complexity index is 769. The van der Waals surface area contributed by atoms with Gasteiger partial charge in [-0.25, -0.2) is 0 Å². The molecule has 2 amide bonds. The van der Waals surface area contributed by atoms with Gasteiger partial charge in [-0.3, -0.25) is 9.59 Å². The lowest BCUT2D eigenvalue weighted by atomic mass is 10.1. The molecule has 0 aliphatic heterocycles. The monoisotopic (exact) mass is 339 g/mol. The molecule has 25 heavy (non-hydrogen) atoms. The molecule has 0 aromatic heterocycles. The summed E-state index contributed by atoms with van der Waals surface area (Å²) in [4.78, 5) is 25.9. The van der Waals surface area contributed by atoms with Gasteiger partial charge in [0.2, 0.25) is 5.91 Å². The van der Waals surface area contributed by atoms with E-state index in [9.17, 15) is 9.59 Å². The van der Waals surface area contributed by atoms with Gasteiger partial charge in [0.25, 0.3) is 5.91 Å². The number of carbonyl (C=O) groups excluding carboxylic acids is 2. The molecule has 2 aromatic rings. The van der Waals surface area contributed by atoms with Crippen molar-refractivity contribution in [2.45, 2.75) is 20.3 Å². The zero-order chi connectivity index (χ0) is 18.4. The number of carbonyl (C=O) groups is 2. The van der Waals surface area contributed by atoms with Gasteiger partial charge in [-0.15, -0.1) is 0 Å². The predicted molar refractivity (Wildman–Crippen MR) is 102 cm³/mol. The van der Waals surface area contributed by atoms with Gasteiger partial charge in [0.05, 0.1) is 6.54 Å². The van der Waals surface area contributed by atoms with E-state index in [1.54, 1.807) is 26.2 Å². The van der Waals surface area contributed by atoms with E-state index >= 15 is 0 Å². The van der Waals surface area contributed by atoms with Crippen LogP contribution in [-0.2, 0) is 11.2 Å². The highest BCUT2D eigenvalue weighted by Gasteiger charge is 2.11. The fourth-order valence-electron chi connectivity index (χ4n) is 2.52. The molecule has 5 nitrogen and oxygen atoms in total. The van der Waals surface area contributed by atoms with E-state index < -0.39 is 0 Å². The summed E-state index contributed by atoms with van der Waals surface area (Å²) in [6.45, 7) is 4.13. The van der Waals surface area contributed by atoms with Gasteiger partial charge in [0, 0.05) is 31.0 Å². The summed E-state index contributed by atoms with van der Waals surface area (Å²) in [5.74, 6) is -0.186. The van der Waals surface area contributed by atoms with Crippen LogP contribution >= 0.6 is 0 Å². The minimum absolute atomic E-state index is 0.0654. The minimum atomic E-state index is -0.121. The lowest BCUT2D eigenvalue weighted by Gasteiger charge is -2.15. The van der Waals surface area contributed by atoms with Gasteiger partial charge >= 0.3 is 0 Å². The maximum Gasteiger partial charge on any atom is 0.253 e. The first kappa shape index (κ1) is 18.5. The highest BCUT2D eigenvalue weighted by molar-refractivity contribution is 5.96. The Balaban J connectivity index is 2.04. The molecule has 5 heteroatoms. The molecular formula is C20H25N3O2. The quantitative estimate of drug-likeness (QED) is 0.849. The molecule has 2 aromatic carbocycles. The largest absolute Gasteiger partial charge is 0.376 e. The van der Waals surface area contributed by atoms with Crippen molar-refractivity contribution in [3.05, 3.63) is 59.2 Å². The molecule has 0 heterocycles. The number of anilines is 2. The zero-order valence-electron chi connectivity index (χ0n) is 15.2. The molecule has 0 unspecified atom stereocenters. The number of amides is 2. The third-order valence-corrected chi connectivity index (χ3v) is 4.00. The molecule has 0 aliphatic rings. The summed E-state index contributed by atoms with van der Waals surface area (Å²) in [6.07, 6.45) is 0.859. The predicted octanol–water partition coefficient (Wildman–Crippen LogP) is 3.31. The maximum atomic E-state index is 12.2. The second-order valence-electron chi connectivity index (χ2n) is 6.14. The van der Waals surface area contributed by atoms with Crippen LogP contribution < -0.4 is 10.6 Å². The van der Waals surface area contributed by atoms with Gasteiger partial charge in [-0.1, -0.05) is 31.2 Å². The molecule has 2 N–H and O–H groups in total. The molecule has 132 valence electrons. The van der Waals surface area contributed by atoms with E-state index in [-0.39, 0.29) is 18.4 Å². The Morgan fingerprint density at radius 2 is 1.76 bits per heavy atom. The second kappa shape index (κ2) is 8.33. The van der Waals surface area contributed by atoms with Crippen molar-refractivity contribution in [1.29, 1.82) is 0 Å². The SMILES string of the molecule is CCc1ccccc1NC(=O)CNc1cc(C(=O)N(C)C)ccc1C. The average Bonchev–Trinajstić information content (AvgIpc) is 2.60. The highest BCUT2D eigenvalue weighted by atomic mass is 16.2. The van der Waals surface area contributed by atoms with Crippen LogP contribution in [0.5, 0.6) is 0 Å². The summed E-state index contributed by atoms with van der Waals surface area (Å²) >= 11 is 0. The highest BCUT2D eigenvalue weighted by Crippen LogP contribution is 2.18. The fraction of sp³-hybridized carbons (Fsp3) is 0.300. The van der Waals surface area contributed by atoms with Crippen LogP contribution in [0.25, 0.3) is 0 Å². The first-order chi connectivity index (χ1) is 11.9. The van der Waals surface area contributed by atoms with Crippen LogP contribution in [-0.4, -0.2) is 37.4 Å². The maximum absolute atomic E-state index is 12.2. The molecule has 0 radical (unpaired) electrons. The average molecular weight is 339 g/mol. The molecule has 0 aliphatic carbocycles. The Hall–Kier alpha value is -2.82. The third-order valence-electron chi connectivity index (χ3n) is 4.00. The fourth-order valence-corrected chi connectivity index (χ4v) is 2.52. The molecule has 0 saturated heterocycles. The second-order valence-corrected chi connectivity index (χ2v) is 6.14. The zero-order valence-corrected chi connectivity index (χ0v) is 15.2. The molecule has 2 rings (SSSR count). The molecule has 0 bridgehead atoms. The van der Waals surface area contributed by atoms with E-state index in [1.165, 1.54) is 4.90 Å². The Morgan fingerprint density at radius 3 is 2.44 bits per heavy atom. The minimum Gasteiger partial charge on any atom is -0.376 e. The van der Waals surface area contributed by atoms with E-state index in [1.807, 2.05) is 37.3 Å². The van der Waals surface area contributed by atoms with Gasteiger partial charge in [0.15, 0.2) is 0 Å². The number of nitrogens with zero attached hydrogens (tertiary/aromatic N) is 1. The number of rotatable bonds is 6. The van der Waals surface area contributed by atoms with Crippen molar-refractivity contribution in [2.75, 3.05) is 31.3 Å². The van der Waals surface area contributed by atoms with Crippen LogP contribution in [0.15, 0.2) is 42.5 Å². The number of benzene rings is 2. The number of nitrogens with one attached hydrogen (secondary N) is 2. The van der Waals surface area contributed by atoms with Crippen LogP contribution in [0.2, 0.25) is 0 Å². The van der Waals surface area contributed by atoms with E-state index in [0.29, 0.717) is 5.56 Å². The molecule has 0 atom stereocenters. The smallest absolute Gasteiger partial charge is 0.253 e. The number of hydrogen-bond donors (Lipinski definition) is 2. The van der Waals surface area contributed by atoms with Crippen LogP contribution in [0, 0.1) is 6.92 Å². The van der Waals surface area contributed by atoms with Crippen molar-refractivity contribution in [1.82, 2.24) is 4.90 Å². The molecule has 0 saturated carbocycles. The van der Waals surface area contributed by atoms with Crippen molar-refractivity contribution in [3.8, 4) is 0 Å². The van der Waals surface area contributed by atoms with E-state index in [4.69, 9.17) is 0 Å². The molecular weight excluding hydrogens is 314 g/mol. The number of para-hydroxylation sites is 1. The van der Waals surface area contributed by atoms with Gasteiger partial charge in [-0.05, 0) is 42.7 Å². The number of hydrogen-bond acceptors (Lipinski definition) is 3. The summed E-state index contributed by atoms with van der Waals surface area (Å²) in [5.41, 5.74) is 4.30. The van der Waals surface area contributed by atoms with Crippen molar-refractivity contribution >= 4 is 23.2 Å². The lowest BCUT2D eigenvalue weighted by Crippen LogP contribution is -2.24. The van der Waals surface area contributed by atoms with E-state index in [2.05, 4.69) is 17.6 Å². The van der Waals surface area contributed by atoms with Crippen LogP contribution in [0.4, 0.5) is 11.4 Å². The summed E-state index contributed by atoms with van der Waals surface area (Å²) in [6, 6.07) is 13.2. The van der Waals surface area contributed by atoms with Crippen molar-refractivity contribution in [2.24, 2.45) is 0 Å². The normalized spacial score (nSPS) is 10.2. The van der Waals surface area contributed by atoms with Crippen molar-refractivity contribution in [3.63, 3.8) is 0 Å². The van der Waals surface area contributed by atoms with Gasteiger partial charge < -0.3 is 15.5 Å². The molecule has 0 spiro atoms. The third kappa shape index (κ3) is 4.83. The van der Waals surface area contributed by atoms with Gasteiger partial charge in [-0.2, -0.15) is 0 Å². The topological polar surface area (TPSA) is 61.4 Å².